The van der Waals surface area contributed by atoms with E-state index in [0.29, 0.717) is 13.0 Å². The maximum atomic E-state index is 11.3. The van der Waals surface area contributed by atoms with Crippen LogP contribution < -0.4 is 10.6 Å². The maximum Gasteiger partial charge on any atom is 0.219 e. The van der Waals surface area contributed by atoms with Crippen LogP contribution in [0.4, 0.5) is 5.82 Å². The molecule has 0 saturated heterocycles. The number of hydrogen-bond acceptors (Lipinski definition) is 4. The first-order valence-electron chi connectivity index (χ1n) is 9.28. The fraction of sp³-hybridized carbons (Fsp3) is 0.684. The van der Waals surface area contributed by atoms with Gasteiger partial charge in [0.25, 0.3) is 0 Å². The lowest BCUT2D eigenvalue weighted by Crippen LogP contribution is -2.32. The summed E-state index contributed by atoms with van der Waals surface area (Å²) in [6, 6.07) is 4.56. The van der Waals surface area contributed by atoms with Crippen molar-refractivity contribution < 1.29 is 9.53 Å². The van der Waals surface area contributed by atoms with Crippen molar-refractivity contribution in [1.82, 2.24) is 10.3 Å². The Kier molecular flexibility index (Phi) is 8.02. The van der Waals surface area contributed by atoms with E-state index in [9.17, 15) is 4.79 Å². The SMILES string of the molecule is CCC(=O)NC(C)CCOCCCCc1ccc2c(n1)NCCC2. The van der Waals surface area contributed by atoms with Gasteiger partial charge < -0.3 is 15.4 Å². The molecule has 0 aromatic carbocycles. The number of hydrogen-bond donors (Lipinski definition) is 2. The molecule has 0 fully saturated rings. The van der Waals surface area contributed by atoms with Gasteiger partial charge in [0.05, 0.1) is 0 Å². The normalized spacial score (nSPS) is 14.6. The molecular weight excluding hydrogens is 302 g/mol. The quantitative estimate of drug-likeness (QED) is 0.646. The summed E-state index contributed by atoms with van der Waals surface area (Å²) in [5.41, 5.74) is 2.51. The number of pyridine rings is 1. The highest BCUT2D eigenvalue weighted by Gasteiger charge is 2.10. The average Bonchev–Trinajstić information content (AvgIpc) is 2.60. The topological polar surface area (TPSA) is 63.2 Å². The van der Waals surface area contributed by atoms with Gasteiger partial charge in [-0.15, -0.1) is 0 Å². The number of rotatable bonds is 10. The van der Waals surface area contributed by atoms with E-state index in [1.165, 1.54) is 17.7 Å². The highest BCUT2D eigenvalue weighted by molar-refractivity contribution is 5.75. The lowest BCUT2D eigenvalue weighted by molar-refractivity contribution is -0.121. The Labute approximate surface area is 145 Å². The van der Waals surface area contributed by atoms with Crippen LogP contribution in [0.5, 0.6) is 0 Å². The van der Waals surface area contributed by atoms with E-state index in [1.54, 1.807) is 0 Å². The molecule has 1 aromatic heterocycles. The highest BCUT2D eigenvalue weighted by Crippen LogP contribution is 2.20. The molecule has 1 aromatic rings. The van der Waals surface area contributed by atoms with Gasteiger partial charge in [0.1, 0.15) is 5.82 Å². The third-order valence-electron chi connectivity index (χ3n) is 4.35. The first-order valence-corrected chi connectivity index (χ1v) is 9.28. The third-order valence-corrected chi connectivity index (χ3v) is 4.35. The van der Waals surface area contributed by atoms with Gasteiger partial charge in [0.2, 0.25) is 5.91 Å². The number of aryl methyl sites for hydroxylation is 2. The van der Waals surface area contributed by atoms with E-state index in [0.717, 1.165) is 51.1 Å². The van der Waals surface area contributed by atoms with E-state index >= 15 is 0 Å². The molecule has 1 aliphatic rings. The van der Waals surface area contributed by atoms with Crippen LogP contribution in [-0.4, -0.2) is 36.7 Å². The Morgan fingerprint density at radius 2 is 2.25 bits per heavy atom. The zero-order valence-corrected chi connectivity index (χ0v) is 15.1. The summed E-state index contributed by atoms with van der Waals surface area (Å²) in [6.45, 7) is 6.40. The van der Waals surface area contributed by atoms with Crippen molar-refractivity contribution in [2.24, 2.45) is 0 Å². The molecule has 134 valence electrons. The van der Waals surface area contributed by atoms with Crippen LogP contribution >= 0.6 is 0 Å². The Morgan fingerprint density at radius 1 is 1.38 bits per heavy atom. The minimum atomic E-state index is 0.106. The number of unbranched alkanes of at least 4 members (excludes halogenated alkanes) is 1. The van der Waals surface area contributed by atoms with Crippen molar-refractivity contribution in [3.63, 3.8) is 0 Å². The summed E-state index contributed by atoms with van der Waals surface area (Å²) in [5, 5.41) is 6.33. The molecule has 5 nitrogen and oxygen atoms in total. The van der Waals surface area contributed by atoms with Gasteiger partial charge in [-0.25, -0.2) is 4.98 Å². The lowest BCUT2D eigenvalue weighted by Gasteiger charge is -2.17. The largest absolute Gasteiger partial charge is 0.381 e. The molecule has 1 atom stereocenters. The Bertz CT molecular complexity index is 519. The van der Waals surface area contributed by atoms with Crippen LogP contribution in [0.1, 0.15) is 57.2 Å². The molecule has 2 heterocycles. The number of ether oxygens (including phenoxy) is 1. The van der Waals surface area contributed by atoms with E-state index in [1.807, 2.05) is 13.8 Å². The summed E-state index contributed by atoms with van der Waals surface area (Å²) in [6.07, 6.45) is 6.88. The fourth-order valence-electron chi connectivity index (χ4n) is 2.83. The van der Waals surface area contributed by atoms with Crippen LogP contribution in [0.3, 0.4) is 0 Å². The summed E-state index contributed by atoms with van der Waals surface area (Å²) < 4.78 is 5.66. The highest BCUT2D eigenvalue weighted by atomic mass is 16.5. The van der Waals surface area contributed by atoms with Crippen LogP contribution in [0, 0.1) is 0 Å². The van der Waals surface area contributed by atoms with Gasteiger partial charge in [-0.3, -0.25) is 4.79 Å². The number of anilines is 1. The lowest BCUT2D eigenvalue weighted by atomic mass is 10.1. The van der Waals surface area contributed by atoms with Crippen LogP contribution in [0.15, 0.2) is 12.1 Å². The summed E-state index contributed by atoms with van der Waals surface area (Å²) >= 11 is 0. The minimum absolute atomic E-state index is 0.106. The molecule has 1 amide bonds. The van der Waals surface area contributed by atoms with E-state index < -0.39 is 0 Å². The van der Waals surface area contributed by atoms with Crippen LogP contribution in [0.2, 0.25) is 0 Å². The number of carbonyl (C=O) groups excluding carboxylic acids is 1. The zero-order chi connectivity index (χ0) is 17.2. The smallest absolute Gasteiger partial charge is 0.219 e. The van der Waals surface area contributed by atoms with Crippen LogP contribution in [-0.2, 0) is 22.4 Å². The molecule has 1 aliphatic heterocycles. The molecular formula is C19H31N3O2. The number of nitrogens with one attached hydrogen (secondary N) is 2. The predicted molar refractivity (Wildman–Crippen MR) is 97.3 cm³/mol. The third kappa shape index (κ3) is 6.48. The Morgan fingerprint density at radius 3 is 3.08 bits per heavy atom. The van der Waals surface area contributed by atoms with Gasteiger partial charge in [-0.1, -0.05) is 13.0 Å². The predicted octanol–water partition coefficient (Wildman–Crippen LogP) is 3.08. The van der Waals surface area contributed by atoms with Gasteiger partial charge >= 0.3 is 0 Å². The van der Waals surface area contributed by atoms with E-state index in [2.05, 4.69) is 22.8 Å². The van der Waals surface area contributed by atoms with E-state index in [4.69, 9.17) is 9.72 Å². The van der Waals surface area contributed by atoms with Crippen molar-refractivity contribution in [3.8, 4) is 0 Å². The number of fused-ring (bicyclic) bond motifs is 1. The second-order valence-corrected chi connectivity index (χ2v) is 6.52. The Hall–Kier alpha value is -1.62. The Balaban J connectivity index is 1.53. The van der Waals surface area contributed by atoms with Gasteiger partial charge in [-0.05, 0) is 57.1 Å². The molecule has 0 spiro atoms. The molecule has 24 heavy (non-hydrogen) atoms. The molecule has 2 N–H and O–H groups in total. The number of carbonyl (C=O) groups is 1. The number of amides is 1. The second-order valence-electron chi connectivity index (χ2n) is 6.52. The molecule has 0 aliphatic carbocycles. The molecule has 5 heteroatoms. The first-order chi connectivity index (χ1) is 11.7. The summed E-state index contributed by atoms with van der Waals surface area (Å²) in [4.78, 5) is 16.0. The molecule has 2 rings (SSSR count). The molecule has 1 unspecified atom stereocenters. The number of aromatic nitrogens is 1. The monoisotopic (exact) mass is 333 g/mol. The molecule has 0 radical (unpaired) electrons. The van der Waals surface area contributed by atoms with E-state index in [-0.39, 0.29) is 11.9 Å². The standard InChI is InChI=1S/C19H31N3O2/c1-3-18(23)21-15(2)11-14-24-13-5-4-8-17-10-9-16-7-6-12-20-19(16)22-17/h9-10,15H,3-8,11-14H2,1-2H3,(H,20,22)(H,21,23). The minimum Gasteiger partial charge on any atom is -0.381 e. The van der Waals surface area contributed by atoms with Gasteiger partial charge in [0.15, 0.2) is 0 Å². The summed E-state index contributed by atoms with van der Waals surface area (Å²) in [5.74, 6) is 1.19. The van der Waals surface area contributed by atoms with Crippen molar-refractivity contribution in [2.75, 3.05) is 25.1 Å². The van der Waals surface area contributed by atoms with Crippen molar-refractivity contribution in [2.45, 2.75) is 64.8 Å². The molecule has 0 saturated carbocycles. The average molecular weight is 333 g/mol. The van der Waals surface area contributed by atoms with Gasteiger partial charge in [0, 0.05) is 37.9 Å². The fourth-order valence-corrected chi connectivity index (χ4v) is 2.83. The first kappa shape index (κ1) is 18.7. The second kappa shape index (κ2) is 10.3. The molecule has 0 bridgehead atoms. The van der Waals surface area contributed by atoms with Crippen molar-refractivity contribution in [3.05, 3.63) is 23.4 Å². The van der Waals surface area contributed by atoms with Crippen molar-refractivity contribution >= 4 is 11.7 Å². The van der Waals surface area contributed by atoms with Crippen molar-refractivity contribution in [1.29, 1.82) is 0 Å². The summed E-state index contributed by atoms with van der Waals surface area (Å²) in [7, 11) is 0. The maximum absolute atomic E-state index is 11.3. The number of nitrogens with zero attached hydrogens (tertiary/aromatic N) is 1. The zero-order valence-electron chi connectivity index (χ0n) is 15.1. The van der Waals surface area contributed by atoms with Gasteiger partial charge in [-0.2, -0.15) is 0 Å². The van der Waals surface area contributed by atoms with Crippen LogP contribution in [0.25, 0.3) is 0 Å².